The van der Waals surface area contributed by atoms with Gasteiger partial charge in [-0.15, -0.1) is 11.3 Å². The molecule has 3 aromatic rings. The lowest BCUT2D eigenvalue weighted by Gasteiger charge is -2.47. The van der Waals surface area contributed by atoms with Gasteiger partial charge in [0, 0.05) is 50.0 Å². The molecular weight excluding hydrogens is 486 g/mol. The Balaban J connectivity index is 1.67. The van der Waals surface area contributed by atoms with Crippen molar-refractivity contribution in [2.24, 2.45) is 5.10 Å². The summed E-state index contributed by atoms with van der Waals surface area (Å²) in [6.45, 7) is 10.2. The van der Waals surface area contributed by atoms with Crippen LogP contribution in [0.15, 0.2) is 40.8 Å². The molecule has 1 saturated heterocycles. The molecule has 3 aromatic heterocycles. The monoisotopic (exact) mass is 513 g/mol. The first-order chi connectivity index (χ1) is 16.7. The van der Waals surface area contributed by atoms with Gasteiger partial charge in [-0.25, -0.2) is 18.4 Å². The second-order valence-electron chi connectivity index (χ2n) is 8.27. The maximum absolute atomic E-state index is 12.3. The van der Waals surface area contributed by atoms with Gasteiger partial charge in [-0.1, -0.05) is 0 Å². The van der Waals surface area contributed by atoms with Crippen LogP contribution >= 0.6 is 11.3 Å². The summed E-state index contributed by atoms with van der Waals surface area (Å²) < 4.78 is 28.5. The number of nitrogens with one attached hydrogen (secondary N) is 1. The molecule has 35 heavy (non-hydrogen) atoms. The van der Waals surface area contributed by atoms with Gasteiger partial charge in [0.2, 0.25) is 16.0 Å². The van der Waals surface area contributed by atoms with Crippen LogP contribution in [-0.2, 0) is 15.6 Å². The highest BCUT2D eigenvalue weighted by atomic mass is 32.2. The summed E-state index contributed by atoms with van der Waals surface area (Å²) in [5.74, 6) is 0.461. The highest BCUT2D eigenvalue weighted by Gasteiger charge is 2.49. The van der Waals surface area contributed by atoms with Crippen LogP contribution in [0.2, 0.25) is 0 Å². The van der Waals surface area contributed by atoms with Crippen LogP contribution in [0.1, 0.15) is 27.2 Å². The van der Waals surface area contributed by atoms with E-state index in [-0.39, 0.29) is 25.3 Å². The zero-order chi connectivity index (χ0) is 25.2. The molecule has 0 saturated carbocycles. The summed E-state index contributed by atoms with van der Waals surface area (Å²) in [7, 11) is -3.32. The SMILES string of the molecule is C=NN(/C=C(\C)Nc1nc(-c2cnn(C3(CC#N)CN(S(=O)(=O)CC)C3)c2)c2sccc2n1)CC. The third-order valence-electron chi connectivity index (χ3n) is 5.91. The molecule has 184 valence electrons. The van der Waals surface area contributed by atoms with E-state index in [1.165, 1.54) is 15.6 Å². The minimum atomic E-state index is -3.32. The minimum Gasteiger partial charge on any atom is -0.327 e. The molecule has 0 aliphatic carbocycles. The van der Waals surface area contributed by atoms with E-state index in [0.29, 0.717) is 18.2 Å². The number of nitrogens with zero attached hydrogens (tertiary/aromatic N) is 8. The molecule has 11 nitrogen and oxygen atoms in total. The van der Waals surface area contributed by atoms with Crippen LogP contribution in [-0.4, -0.2) is 69.6 Å². The van der Waals surface area contributed by atoms with Gasteiger partial charge in [-0.2, -0.15) is 19.8 Å². The number of sulfonamides is 1. The number of nitriles is 1. The molecule has 0 aromatic carbocycles. The fraction of sp³-hybridized carbons (Fsp3) is 0.409. The largest absolute Gasteiger partial charge is 0.327 e. The van der Waals surface area contributed by atoms with Crippen molar-refractivity contribution in [2.45, 2.75) is 32.7 Å². The first-order valence-electron chi connectivity index (χ1n) is 11.1. The topological polar surface area (TPSA) is 132 Å². The van der Waals surface area contributed by atoms with Gasteiger partial charge in [0.05, 0.1) is 40.4 Å². The fourth-order valence-corrected chi connectivity index (χ4v) is 6.04. The van der Waals surface area contributed by atoms with E-state index < -0.39 is 15.6 Å². The smallest absolute Gasteiger partial charge is 0.228 e. The van der Waals surface area contributed by atoms with E-state index in [1.807, 2.05) is 37.7 Å². The van der Waals surface area contributed by atoms with Crippen molar-refractivity contribution in [1.29, 1.82) is 5.26 Å². The van der Waals surface area contributed by atoms with E-state index in [9.17, 15) is 13.7 Å². The molecule has 13 heteroatoms. The van der Waals surface area contributed by atoms with E-state index in [4.69, 9.17) is 4.98 Å². The zero-order valence-corrected chi connectivity index (χ0v) is 21.5. The molecule has 1 aliphatic rings. The standard InChI is InChI=1S/C22H27N9O2S2/c1-5-29(24-4)12-16(3)26-21-27-18-7-10-34-20(18)19(28-21)17-11-25-31(13-17)22(8-9-23)14-30(15-22)35(32,33)6-2/h7,10-13H,4-6,8,14-15H2,1-3H3,(H,26,27,28)/b16-12+. The van der Waals surface area contributed by atoms with E-state index in [2.05, 4.69) is 33.3 Å². The molecule has 0 spiro atoms. The van der Waals surface area contributed by atoms with Gasteiger partial charge in [0.1, 0.15) is 5.54 Å². The van der Waals surface area contributed by atoms with Gasteiger partial charge < -0.3 is 5.32 Å². The Labute approximate surface area is 208 Å². The van der Waals surface area contributed by atoms with Crippen LogP contribution < -0.4 is 5.32 Å². The molecule has 4 rings (SSSR count). The lowest BCUT2D eigenvalue weighted by molar-refractivity contribution is 0.0719. The Hall–Kier alpha value is -3.34. The van der Waals surface area contributed by atoms with Gasteiger partial charge in [-0.05, 0) is 32.2 Å². The lowest BCUT2D eigenvalue weighted by atomic mass is 9.89. The highest BCUT2D eigenvalue weighted by molar-refractivity contribution is 7.89. The number of hydrogen-bond donors (Lipinski definition) is 1. The maximum atomic E-state index is 12.3. The van der Waals surface area contributed by atoms with Gasteiger partial charge in [0.15, 0.2) is 0 Å². The summed E-state index contributed by atoms with van der Waals surface area (Å²) >= 11 is 1.53. The second-order valence-corrected chi connectivity index (χ2v) is 11.4. The highest BCUT2D eigenvalue weighted by Crippen LogP contribution is 2.37. The number of hydrazone groups is 1. The molecule has 4 heterocycles. The van der Waals surface area contributed by atoms with Crippen molar-refractivity contribution in [3.8, 4) is 17.3 Å². The van der Waals surface area contributed by atoms with Crippen molar-refractivity contribution in [1.82, 2.24) is 29.1 Å². The summed E-state index contributed by atoms with van der Waals surface area (Å²) in [5, 5.41) is 24.7. The van der Waals surface area contributed by atoms with Crippen molar-refractivity contribution in [3.05, 3.63) is 35.7 Å². The molecular formula is C22H27N9O2S2. The quantitative estimate of drug-likeness (QED) is 0.323. The average molecular weight is 514 g/mol. The Morgan fingerprint density at radius 1 is 1.43 bits per heavy atom. The number of thiophene rings is 1. The van der Waals surface area contributed by atoms with Crippen LogP contribution in [0.4, 0.5) is 5.95 Å². The average Bonchev–Trinajstić information content (AvgIpc) is 3.49. The lowest BCUT2D eigenvalue weighted by Crippen LogP contribution is -2.64. The van der Waals surface area contributed by atoms with E-state index in [1.54, 1.807) is 22.8 Å². The second kappa shape index (κ2) is 9.73. The molecule has 1 fully saturated rings. The Morgan fingerprint density at radius 3 is 2.86 bits per heavy atom. The van der Waals surface area contributed by atoms with Crippen LogP contribution in [0.3, 0.4) is 0 Å². The molecule has 1 aliphatic heterocycles. The summed E-state index contributed by atoms with van der Waals surface area (Å²) in [6, 6.07) is 4.12. The predicted octanol–water partition coefficient (Wildman–Crippen LogP) is 3.04. The normalized spacial score (nSPS) is 16.0. The number of rotatable bonds is 10. The van der Waals surface area contributed by atoms with Crippen LogP contribution in [0, 0.1) is 11.3 Å². The van der Waals surface area contributed by atoms with Crippen LogP contribution in [0.5, 0.6) is 0 Å². The zero-order valence-electron chi connectivity index (χ0n) is 19.8. The minimum absolute atomic E-state index is 0.0276. The summed E-state index contributed by atoms with van der Waals surface area (Å²) in [4.78, 5) is 9.37. The molecule has 0 bridgehead atoms. The van der Waals surface area contributed by atoms with E-state index in [0.717, 1.165) is 21.5 Å². The Bertz CT molecular complexity index is 1410. The molecule has 1 N–H and O–H groups in total. The third kappa shape index (κ3) is 4.77. The molecule has 0 atom stereocenters. The predicted molar refractivity (Wildman–Crippen MR) is 137 cm³/mol. The van der Waals surface area contributed by atoms with Crippen molar-refractivity contribution < 1.29 is 8.42 Å². The first-order valence-corrected chi connectivity index (χ1v) is 13.6. The summed E-state index contributed by atoms with van der Waals surface area (Å²) in [6.07, 6.45) is 5.51. The number of allylic oxidation sites excluding steroid dienone is 1. The Morgan fingerprint density at radius 2 is 2.20 bits per heavy atom. The van der Waals surface area contributed by atoms with Gasteiger partial charge >= 0.3 is 0 Å². The maximum Gasteiger partial charge on any atom is 0.228 e. The van der Waals surface area contributed by atoms with Gasteiger partial charge in [0.25, 0.3) is 0 Å². The summed E-state index contributed by atoms with van der Waals surface area (Å²) in [5.41, 5.74) is 2.38. The van der Waals surface area contributed by atoms with Crippen molar-refractivity contribution in [3.63, 3.8) is 0 Å². The van der Waals surface area contributed by atoms with E-state index >= 15 is 0 Å². The number of aromatic nitrogens is 4. The van der Waals surface area contributed by atoms with Crippen molar-refractivity contribution >= 4 is 44.2 Å². The molecule has 0 unspecified atom stereocenters. The first kappa shape index (κ1) is 24.8. The number of fused-ring (bicyclic) bond motifs is 1. The molecule has 0 radical (unpaired) electrons. The Kier molecular flexibility index (Phi) is 6.88. The van der Waals surface area contributed by atoms with Crippen LogP contribution in [0.25, 0.3) is 21.5 Å². The molecule has 0 amide bonds. The van der Waals surface area contributed by atoms with Gasteiger partial charge in [-0.3, -0.25) is 9.69 Å². The number of anilines is 1. The number of hydrogen-bond acceptors (Lipinski definition) is 10. The van der Waals surface area contributed by atoms with Crippen molar-refractivity contribution in [2.75, 3.05) is 30.7 Å². The fourth-order valence-electron chi connectivity index (χ4n) is 3.96. The third-order valence-corrected chi connectivity index (χ3v) is 8.60.